The minimum absolute atomic E-state index is 0.112. The summed E-state index contributed by atoms with van der Waals surface area (Å²) in [4.78, 5) is 2.47. The Morgan fingerprint density at radius 1 is 0.431 bits per heavy atom. The van der Waals surface area contributed by atoms with Gasteiger partial charge in [0.2, 0.25) is 0 Å². The number of hydrogen-bond acceptors (Lipinski definition) is 2. The highest BCUT2D eigenvalue weighted by molar-refractivity contribution is 6.23. The molecule has 240 valence electrons. The summed E-state index contributed by atoms with van der Waals surface area (Å²) >= 11 is 0. The van der Waals surface area contributed by atoms with Crippen molar-refractivity contribution in [1.82, 2.24) is 0 Å². The first kappa shape index (κ1) is 28.5. The number of benzene rings is 9. The van der Waals surface area contributed by atoms with E-state index in [4.69, 9.17) is 4.42 Å². The lowest BCUT2D eigenvalue weighted by Crippen LogP contribution is -2.16. The Morgan fingerprint density at radius 2 is 1.06 bits per heavy atom. The van der Waals surface area contributed by atoms with E-state index in [1.807, 2.05) is 6.07 Å². The average molecular weight is 652 g/mol. The van der Waals surface area contributed by atoms with Crippen LogP contribution >= 0.6 is 0 Å². The number of rotatable bonds is 3. The monoisotopic (exact) mass is 651 g/mol. The Hall–Kier alpha value is -6.38. The molecule has 0 N–H and O–H groups in total. The van der Waals surface area contributed by atoms with E-state index in [2.05, 4.69) is 176 Å². The summed E-state index contributed by atoms with van der Waals surface area (Å²) in [7, 11) is 0. The molecule has 10 aromatic rings. The van der Waals surface area contributed by atoms with E-state index < -0.39 is 0 Å². The minimum Gasteiger partial charge on any atom is -0.455 e. The Labute approximate surface area is 295 Å². The third kappa shape index (κ3) is 3.99. The molecule has 0 amide bonds. The largest absolute Gasteiger partial charge is 0.455 e. The van der Waals surface area contributed by atoms with E-state index in [1.165, 1.54) is 60.0 Å². The summed E-state index contributed by atoms with van der Waals surface area (Å²) in [5.41, 5.74) is 10.6. The highest BCUT2D eigenvalue weighted by Crippen LogP contribution is 2.51. The van der Waals surface area contributed by atoms with Gasteiger partial charge in [-0.3, -0.25) is 0 Å². The van der Waals surface area contributed by atoms with Gasteiger partial charge in [-0.15, -0.1) is 0 Å². The number of nitrogens with zero attached hydrogens (tertiary/aromatic N) is 1. The summed E-state index contributed by atoms with van der Waals surface area (Å²) in [6.07, 6.45) is 0. The second kappa shape index (κ2) is 10.3. The lowest BCUT2D eigenvalue weighted by Gasteiger charge is -2.30. The highest BCUT2D eigenvalue weighted by atomic mass is 16.3. The lowest BCUT2D eigenvalue weighted by molar-refractivity contribution is 0.660. The highest BCUT2D eigenvalue weighted by Gasteiger charge is 2.36. The summed E-state index contributed by atoms with van der Waals surface area (Å²) in [6, 6.07) is 60.1. The van der Waals surface area contributed by atoms with Crippen molar-refractivity contribution in [3.05, 3.63) is 175 Å². The number of anilines is 3. The van der Waals surface area contributed by atoms with Crippen molar-refractivity contribution in [1.29, 1.82) is 0 Å². The van der Waals surface area contributed by atoms with Crippen molar-refractivity contribution in [3.63, 3.8) is 0 Å². The second-order valence-corrected chi connectivity index (χ2v) is 14.5. The summed E-state index contributed by atoms with van der Waals surface area (Å²) in [5.74, 6) is 0. The Morgan fingerprint density at radius 3 is 1.96 bits per heavy atom. The van der Waals surface area contributed by atoms with Gasteiger partial charge in [-0.1, -0.05) is 135 Å². The van der Waals surface area contributed by atoms with Crippen molar-refractivity contribution >= 4 is 82.1 Å². The normalized spacial score (nSPS) is 13.5. The Kier molecular flexibility index (Phi) is 5.76. The fourth-order valence-electron chi connectivity index (χ4n) is 8.93. The molecule has 1 aromatic heterocycles. The second-order valence-electron chi connectivity index (χ2n) is 14.5. The molecule has 0 aliphatic heterocycles. The van der Waals surface area contributed by atoms with Crippen LogP contribution in [0.2, 0.25) is 0 Å². The van der Waals surface area contributed by atoms with Gasteiger partial charge in [-0.2, -0.15) is 0 Å². The van der Waals surface area contributed by atoms with Gasteiger partial charge in [0.05, 0.1) is 5.69 Å². The van der Waals surface area contributed by atoms with Crippen molar-refractivity contribution in [2.24, 2.45) is 0 Å². The molecule has 0 fully saturated rings. The summed E-state index contributed by atoms with van der Waals surface area (Å²) in [6.45, 7) is 4.72. The molecule has 0 radical (unpaired) electrons. The zero-order valence-electron chi connectivity index (χ0n) is 28.4. The molecule has 0 unspecified atom stereocenters. The van der Waals surface area contributed by atoms with E-state index in [0.29, 0.717) is 0 Å². The predicted molar refractivity (Wildman–Crippen MR) is 216 cm³/mol. The molecule has 1 aliphatic rings. The number of furan rings is 1. The van der Waals surface area contributed by atoms with Gasteiger partial charge in [0.25, 0.3) is 0 Å². The van der Waals surface area contributed by atoms with Crippen LogP contribution in [0.1, 0.15) is 25.0 Å². The lowest BCUT2D eigenvalue weighted by atomic mass is 9.82. The van der Waals surface area contributed by atoms with Crippen LogP contribution in [0.15, 0.2) is 168 Å². The zero-order chi connectivity index (χ0) is 33.8. The standard InChI is InChI=1S/C49H33NO/c1-49(2)43-17-9-7-14-38(43)39-26-23-34(29-44(39)49)50(45-28-31-11-3-4-12-35(31)37-13-5-6-15-40(37)45)33-22-25-36-32(27-33)20-19-30-21-24-42-41-16-8-10-18-46(41)51-48(42)47(30)36/h3-29H,1-2H3. The Balaban J connectivity index is 1.19. The molecule has 1 heterocycles. The van der Waals surface area contributed by atoms with E-state index in [-0.39, 0.29) is 5.41 Å². The van der Waals surface area contributed by atoms with Crippen molar-refractivity contribution in [2.45, 2.75) is 19.3 Å². The fourth-order valence-corrected chi connectivity index (χ4v) is 8.93. The van der Waals surface area contributed by atoms with Gasteiger partial charge in [0.15, 0.2) is 0 Å². The van der Waals surface area contributed by atoms with Crippen LogP contribution in [0.3, 0.4) is 0 Å². The molecule has 9 aromatic carbocycles. The van der Waals surface area contributed by atoms with Crippen LogP contribution in [0.5, 0.6) is 0 Å². The molecule has 0 atom stereocenters. The SMILES string of the molecule is CC1(C)c2ccccc2-c2ccc(N(c3ccc4c(ccc5ccc6c7ccccc7oc6c54)c3)c3cc4ccccc4c4ccccc34)cc21. The van der Waals surface area contributed by atoms with Gasteiger partial charge in [-0.25, -0.2) is 0 Å². The van der Waals surface area contributed by atoms with Crippen LogP contribution < -0.4 is 4.90 Å². The van der Waals surface area contributed by atoms with Crippen molar-refractivity contribution in [2.75, 3.05) is 4.90 Å². The number of hydrogen-bond donors (Lipinski definition) is 0. The Bertz CT molecular complexity index is 3070. The quantitative estimate of drug-likeness (QED) is 0.177. The maximum absolute atomic E-state index is 6.56. The molecule has 0 saturated heterocycles. The van der Waals surface area contributed by atoms with E-state index in [1.54, 1.807) is 0 Å². The first-order valence-electron chi connectivity index (χ1n) is 17.8. The summed E-state index contributed by atoms with van der Waals surface area (Å²) in [5, 5.41) is 12.0. The summed E-state index contributed by atoms with van der Waals surface area (Å²) < 4.78 is 6.56. The van der Waals surface area contributed by atoms with Gasteiger partial charge in [0, 0.05) is 38.3 Å². The van der Waals surface area contributed by atoms with Crippen LogP contribution in [-0.2, 0) is 5.41 Å². The fraction of sp³-hybridized carbons (Fsp3) is 0.0612. The minimum atomic E-state index is -0.112. The van der Waals surface area contributed by atoms with Crippen LogP contribution in [0.25, 0.3) is 76.2 Å². The average Bonchev–Trinajstić information content (AvgIpc) is 3.67. The number of fused-ring (bicyclic) bond motifs is 13. The van der Waals surface area contributed by atoms with Gasteiger partial charge in [-0.05, 0) is 97.0 Å². The zero-order valence-corrected chi connectivity index (χ0v) is 28.4. The van der Waals surface area contributed by atoms with E-state index in [9.17, 15) is 0 Å². The van der Waals surface area contributed by atoms with Gasteiger partial charge >= 0.3 is 0 Å². The molecule has 0 spiro atoms. The molecular formula is C49H33NO. The van der Waals surface area contributed by atoms with E-state index >= 15 is 0 Å². The van der Waals surface area contributed by atoms with Crippen molar-refractivity contribution in [3.8, 4) is 11.1 Å². The topological polar surface area (TPSA) is 16.4 Å². The predicted octanol–water partition coefficient (Wildman–Crippen LogP) is 14.0. The molecule has 0 bridgehead atoms. The third-order valence-electron chi connectivity index (χ3n) is 11.4. The molecular weight excluding hydrogens is 619 g/mol. The van der Waals surface area contributed by atoms with Crippen LogP contribution in [0.4, 0.5) is 17.1 Å². The molecule has 1 aliphatic carbocycles. The smallest absolute Gasteiger partial charge is 0.143 e. The maximum atomic E-state index is 6.56. The number of para-hydroxylation sites is 1. The van der Waals surface area contributed by atoms with E-state index in [0.717, 1.165) is 44.4 Å². The van der Waals surface area contributed by atoms with Crippen LogP contribution in [-0.4, -0.2) is 0 Å². The first-order chi connectivity index (χ1) is 25.0. The maximum Gasteiger partial charge on any atom is 0.143 e. The molecule has 51 heavy (non-hydrogen) atoms. The van der Waals surface area contributed by atoms with Crippen molar-refractivity contribution < 1.29 is 4.42 Å². The van der Waals surface area contributed by atoms with Gasteiger partial charge in [0.1, 0.15) is 11.2 Å². The van der Waals surface area contributed by atoms with Crippen LogP contribution in [0, 0.1) is 0 Å². The van der Waals surface area contributed by atoms with Gasteiger partial charge < -0.3 is 9.32 Å². The molecule has 11 rings (SSSR count). The third-order valence-corrected chi connectivity index (χ3v) is 11.4. The molecule has 2 nitrogen and oxygen atoms in total. The molecule has 2 heteroatoms. The first-order valence-corrected chi connectivity index (χ1v) is 17.8. The molecule has 0 saturated carbocycles.